The predicted octanol–water partition coefficient (Wildman–Crippen LogP) is 0.513. The number of hydrogen-bond donors (Lipinski definition) is 1. The Morgan fingerprint density at radius 3 is 2.83 bits per heavy atom. The molecule has 0 radical (unpaired) electrons. The largest absolute Gasteiger partial charge is 0.340 e. The van der Waals surface area contributed by atoms with Crippen molar-refractivity contribution in [2.75, 3.05) is 19.6 Å². The number of urea groups is 1. The summed E-state index contributed by atoms with van der Waals surface area (Å²) < 4.78 is 0. The number of carbonyl (C=O) groups is 3. The van der Waals surface area contributed by atoms with Crippen LogP contribution in [0.25, 0.3) is 0 Å². The zero-order valence-electron chi connectivity index (χ0n) is 13.9. The fraction of sp³-hybridized carbons (Fsp3) is 0.562. The highest BCUT2D eigenvalue weighted by molar-refractivity contribution is 6.08. The van der Waals surface area contributed by atoms with Crippen molar-refractivity contribution >= 4 is 17.8 Å². The Morgan fingerprint density at radius 1 is 1.42 bits per heavy atom. The Balaban J connectivity index is 1.65. The molecule has 0 bridgehead atoms. The summed E-state index contributed by atoms with van der Waals surface area (Å²) in [5.41, 5.74) is -0.0402. The Hall–Kier alpha value is -2.51. The Morgan fingerprint density at radius 2 is 2.21 bits per heavy atom. The van der Waals surface area contributed by atoms with E-state index in [1.165, 1.54) is 6.33 Å². The zero-order chi connectivity index (χ0) is 17.3. The Bertz CT molecular complexity index is 661. The van der Waals surface area contributed by atoms with Crippen LogP contribution in [0.2, 0.25) is 0 Å². The average molecular weight is 331 g/mol. The maximum atomic E-state index is 12.6. The van der Waals surface area contributed by atoms with E-state index in [9.17, 15) is 14.4 Å². The van der Waals surface area contributed by atoms with Crippen molar-refractivity contribution in [3.05, 3.63) is 24.3 Å². The molecule has 0 saturated carbocycles. The third-order valence-corrected chi connectivity index (χ3v) is 4.53. The molecule has 24 heavy (non-hydrogen) atoms. The van der Waals surface area contributed by atoms with Gasteiger partial charge in [-0.3, -0.25) is 14.5 Å². The number of nitrogens with zero attached hydrogens (tertiary/aromatic N) is 4. The number of carbonyl (C=O) groups excluding carboxylic acids is 3. The van der Waals surface area contributed by atoms with Crippen LogP contribution in [-0.4, -0.2) is 62.8 Å². The lowest BCUT2D eigenvalue weighted by atomic mass is 9.94. The molecule has 128 valence electrons. The van der Waals surface area contributed by atoms with E-state index < -0.39 is 11.6 Å². The third-order valence-electron chi connectivity index (χ3n) is 4.53. The summed E-state index contributed by atoms with van der Waals surface area (Å²) >= 11 is 0. The van der Waals surface area contributed by atoms with Crippen LogP contribution in [0.15, 0.2) is 18.6 Å². The fourth-order valence-electron chi connectivity index (χ4n) is 3.18. The molecule has 0 spiro atoms. The van der Waals surface area contributed by atoms with Crippen LogP contribution < -0.4 is 5.32 Å². The number of piperidine rings is 1. The van der Waals surface area contributed by atoms with E-state index in [2.05, 4.69) is 15.3 Å². The minimum Gasteiger partial charge on any atom is -0.340 e. The number of rotatable bonds is 3. The van der Waals surface area contributed by atoms with Gasteiger partial charge in [0.25, 0.3) is 5.91 Å². The minimum absolute atomic E-state index is 0.158. The number of imide groups is 1. The average Bonchev–Trinajstić information content (AvgIpc) is 2.77. The first kappa shape index (κ1) is 16.4. The normalized spacial score (nSPS) is 23.3. The zero-order valence-corrected chi connectivity index (χ0v) is 13.9. The van der Waals surface area contributed by atoms with Gasteiger partial charge in [-0.25, -0.2) is 14.8 Å². The Kier molecular flexibility index (Phi) is 4.21. The van der Waals surface area contributed by atoms with Gasteiger partial charge in [0.05, 0.1) is 0 Å². The van der Waals surface area contributed by atoms with Gasteiger partial charge in [0.1, 0.15) is 18.4 Å². The summed E-state index contributed by atoms with van der Waals surface area (Å²) in [6.07, 6.45) is 5.02. The fourth-order valence-corrected chi connectivity index (χ4v) is 3.18. The minimum atomic E-state index is -0.956. The van der Waals surface area contributed by atoms with Gasteiger partial charge in [-0.05, 0) is 32.8 Å². The molecule has 8 nitrogen and oxygen atoms in total. The highest BCUT2D eigenvalue weighted by Crippen LogP contribution is 2.25. The van der Waals surface area contributed by atoms with Gasteiger partial charge in [0.2, 0.25) is 5.91 Å². The van der Waals surface area contributed by atoms with Gasteiger partial charge in [0, 0.05) is 30.9 Å². The van der Waals surface area contributed by atoms with Gasteiger partial charge >= 0.3 is 6.03 Å². The van der Waals surface area contributed by atoms with E-state index in [-0.39, 0.29) is 24.3 Å². The molecule has 3 heterocycles. The van der Waals surface area contributed by atoms with E-state index in [0.717, 1.165) is 23.4 Å². The molecular weight excluding hydrogens is 310 g/mol. The van der Waals surface area contributed by atoms with Crippen LogP contribution in [0.1, 0.15) is 38.3 Å². The molecule has 1 N–H and O–H groups in total. The molecule has 1 aromatic rings. The molecule has 0 unspecified atom stereocenters. The molecule has 2 aliphatic heterocycles. The third kappa shape index (κ3) is 3.08. The van der Waals surface area contributed by atoms with Crippen molar-refractivity contribution in [2.24, 2.45) is 0 Å². The summed E-state index contributed by atoms with van der Waals surface area (Å²) in [5, 5.41) is 2.59. The molecule has 1 aromatic heterocycles. The van der Waals surface area contributed by atoms with Crippen LogP contribution in [0.4, 0.5) is 4.79 Å². The Labute approximate surface area is 140 Å². The molecule has 3 rings (SSSR count). The monoisotopic (exact) mass is 331 g/mol. The quantitative estimate of drug-likeness (QED) is 0.814. The standard InChI is InChI=1S/C16H21N5O3/c1-16(2)14(23)21(15(24)19-16)9-13(22)20-7-3-4-11(8-20)12-5-6-17-10-18-12/h5-6,10-11H,3-4,7-9H2,1-2H3,(H,19,24)/t11-/m0/s1. The van der Waals surface area contributed by atoms with Crippen molar-refractivity contribution in [2.45, 2.75) is 38.1 Å². The summed E-state index contributed by atoms with van der Waals surface area (Å²) in [5.74, 6) is -0.426. The number of amides is 4. The summed E-state index contributed by atoms with van der Waals surface area (Å²) in [4.78, 5) is 47.5. The van der Waals surface area contributed by atoms with E-state index in [0.29, 0.717) is 13.1 Å². The lowest BCUT2D eigenvalue weighted by Crippen LogP contribution is -2.47. The molecule has 2 saturated heterocycles. The number of nitrogens with one attached hydrogen (secondary N) is 1. The van der Waals surface area contributed by atoms with Crippen LogP contribution in [-0.2, 0) is 9.59 Å². The first-order chi connectivity index (χ1) is 11.4. The predicted molar refractivity (Wildman–Crippen MR) is 84.9 cm³/mol. The highest BCUT2D eigenvalue weighted by atomic mass is 16.2. The van der Waals surface area contributed by atoms with Crippen molar-refractivity contribution in [3.8, 4) is 0 Å². The van der Waals surface area contributed by atoms with Gasteiger partial charge in [-0.2, -0.15) is 0 Å². The van der Waals surface area contributed by atoms with Crippen molar-refractivity contribution in [1.29, 1.82) is 0 Å². The van der Waals surface area contributed by atoms with Crippen LogP contribution in [0, 0.1) is 0 Å². The molecular formula is C16H21N5O3. The second-order valence-corrected chi connectivity index (χ2v) is 6.76. The molecule has 4 amide bonds. The van der Waals surface area contributed by atoms with Gasteiger partial charge < -0.3 is 10.2 Å². The maximum absolute atomic E-state index is 12.6. The number of likely N-dealkylation sites (tertiary alicyclic amines) is 1. The first-order valence-electron chi connectivity index (χ1n) is 8.06. The van der Waals surface area contributed by atoms with Gasteiger partial charge in [0.15, 0.2) is 0 Å². The van der Waals surface area contributed by atoms with Crippen molar-refractivity contribution < 1.29 is 14.4 Å². The van der Waals surface area contributed by atoms with Crippen molar-refractivity contribution in [3.63, 3.8) is 0 Å². The van der Waals surface area contributed by atoms with E-state index >= 15 is 0 Å². The number of aromatic nitrogens is 2. The molecule has 0 aromatic carbocycles. The molecule has 8 heteroatoms. The summed E-state index contributed by atoms with van der Waals surface area (Å²) in [7, 11) is 0. The molecule has 2 fully saturated rings. The van der Waals surface area contributed by atoms with Gasteiger partial charge in [-0.15, -0.1) is 0 Å². The van der Waals surface area contributed by atoms with E-state index in [1.54, 1.807) is 24.9 Å². The lowest BCUT2D eigenvalue weighted by molar-refractivity contribution is -0.139. The van der Waals surface area contributed by atoms with Crippen molar-refractivity contribution in [1.82, 2.24) is 25.1 Å². The summed E-state index contributed by atoms with van der Waals surface area (Å²) in [6.45, 7) is 4.22. The van der Waals surface area contributed by atoms with Crippen LogP contribution >= 0.6 is 0 Å². The lowest BCUT2D eigenvalue weighted by Gasteiger charge is -2.33. The second-order valence-electron chi connectivity index (χ2n) is 6.76. The van der Waals surface area contributed by atoms with Crippen LogP contribution in [0.3, 0.4) is 0 Å². The summed E-state index contributed by atoms with van der Waals surface area (Å²) in [6, 6.07) is 1.35. The maximum Gasteiger partial charge on any atom is 0.325 e. The first-order valence-corrected chi connectivity index (χ1v) is 8.06. The SMILES string of the molecule is CC1(C)NC(=O)N(CC(=O)N2CCC[C@H](c3ccncn3)C2)C1=O. The smallest absolute Gasteiger partial charge is 0.325 e. The van der Waals surface area contributed by atoms with E-state index in [4.69, 9.17) is 0 Å². The molecule has 1 atom stereocenters. The van der Waals surface area contributed by atoms with Gasteiger partial charge in [-0.1, -0.05) is 0 Å². The number of hydrogen-bond acceptors (Lipinski definition) is 5. The second kappa shape index (κ2) is 6.18. The van der Waals surface area contributed by atoms with Crippen LogP contribution in [0.5, 0.6) is 0 Å². The molecule has 2 aliphatic rings. The van der Waals surface area contributed by atoms with E-state index in [1.807, 2.05) is 6.07 Å². The molecule has 0 aliphatic carbocycles. The topological polar surface area (TPSA) is 95.5 Å². The highest BCUT2D eigenvalue weighted by Gasteiger charge is 2.45.